The van der Waals surface area contributed by atoms with Gasteiger partial charge in [0.2, 0.25) is 5.91 Å². The van der Waals surface area contributed by atoms with Gasteiger partial charge in [0.15, 0.2) is 0 Å². The fourth-order valence-electron chi connectivity index (χ4n) is 3.23. The molecule has 20 heavy (non-hydrogen) atoms. The molecule has 1 saturated heterocycles. The molecule has 5 heteroatoms. The molecule has 1 aromatic rings. The predicted molar refractivity (Wildman–Crippen MR) is 74.7 cm³/mol. The lowest BCUT2D eigenvalue weighted by Crippen LogP contribution is -2.52. The minimum Gasteiger partial charge on any atom is -0.480 e. The molecule has 0 spiro atoms. The summed E-state index contributed by atoms with van der Waals surface area (Å²) in [6, 6.07) is 7.72. The van der Waals surface area contributed by atoms with Crippen molar-refractivity contribution in [3.63, 3.8) is 0 Å². The topological polar surface area (TPSA) is 69.6 Å². The highest BCUT2D eigenvalue weighted by Gasteiger charge is 2.48. The SMILES string of the molecule is CC1(C(=O)O)CCCN1C(=O)C1CNc2ccccc21. The van der Waals surface area contributed by atoms with E-state index in [2.05, 4.69) is 5.32 Å². The van der Waals surface area contributed by atoms with Crippen LogP contribution in [0.2, 0.25) is 0 Å². The Labute approximate surface area is 117 Å². The molecule has 2 atom stereocenters. The third-order valence-electron chi connectivity index (χ3n) is 4.50. The summed E-state index contributed by atoms with van der Waals surface area (Å²) < 4.78 is 0. The van der Waals surface area contributed by atoms with E-state index in [1.165, 1.54) is 0 Å². The summed E-state index contributed by atoms with van der Waals surface area (Å²) in [6.07, 6.45) is 1.27. The number of likely N-dealkylation sites (tertiary alicyclic amines) is 1. The highest BCUT2D eigenvalue weighted by molar-refractivity contribution is 5.93. The Morgan fingerprint density at radius 3 is 2.90 bits per heavy atom. The molecule has 0 aliphatic carbocycles. The van der Waals surface area contributed by atoms with Crippen molar-refractivity contribution in [1.29, 1.82) is 0 Å². The van der Waals surface area contributed by atoms with Gasteiger partial charge < -0.3 is 15.3 Å². The fraction of sp³-hybridized carbons (Fsp3) is 0.467. The number of benzene rings is 1. The summed E-state index contributed by atoms with van der Waals surface area (Å²) >= 11 is 0. The molecule has 5 nitrogen and oxygen atoms in total. The first-order valence-electron chi connectivity index (χ1n) is 6.92. The fourth-order valence-corrected chi connectivity index (χ4v) is 3.23. The summed E-state index contributed by atoms with van der Waals surface area (Å²) in [4.78, 5) is 25.8. The van der Waals surface area contributed by atoms with Gasteiger partial charge in [-0.25, -0.2) is 4.79 Å². The van der Waals surface area contributed by atoms with E-state index < -0.39 is 11.5 Å². The van der Waals surface area contributed by atoms with Gasteiger partial charge >= 0.3 is 5.97 Å². The number of nitrogens with zero attached hydrogens (tertiary/aromatic N) is 1. The van der Waals surface area contributed by atoms with Crippen molar-refractivity contribution in [3.8, 4) is 0 Å². The molecule has 0 aromatic heterocycles. The summed E-state index contributed by atoms with van der Waals surface area (Å²) in [5.74, 6) is -1.27. The van der Waals surface area contributed by atoms with E-state index in [-0.39, 0.29) is 11.8 Å². The lowest BCUT2D eigenvalue weighted by atomic mass is 9.95. The molecule has 2 aliphatic rings. The molecule has 2 heterocycles. The van der Waals surface area contributed by atoms with Crippen LogP contribution < -0.4 is 5.32 Å². The van der Waals surface area contributed by atoms with E-state index >= 15 is 0 Å². The monoisotopic (exact) mass is 274 g/mol. The number of carbonyl (C=O) groups excluding carboxylic acids is 1. The molecule has 106 valence electrons. The standard InChI is InChI=1S/C15H18N2O3/c1-15(14(19)20)7-4-8-17(15)13(18)11-9-16-12-6-3-2-5-10(11)12/h2-3,5-6,11,16H,4,7-9H2,1H3,(H,19,20). The normalized spacial score (nSPS) is 28.1. The summed E-state index contributed by atoms with van der Waals surface area (Å²) in [5, 5.41) is 12.6. The molecular formula is C15H18N2O3. The number of fused-ring (bicyclic) bond motifs is 1. The molecule has 3 rings (SSSR count). The van der Waals surface area contributed by atoms with E-state index in [0.29, 0.717) is 19.5 Å². The quantitative estimate of drug-likeness (QED) is 0.860. The minimum absolute atomic E-state index is 0.0788. The van der Waals surface area contributed by atoms with E-state index in [1.54, 1.807) is 11.8 Å². The Morgan fingerprint density at radius 1 is 1.40 bits per heavy atom. The maximum Gasteiger partial charge on any atom is 0.329 e. The van der Waals surface area contributed by atoms with Gasteiger partial charge in [-0.1, -0.05) is 18.2 Å². The van der Waals surface area contributed by atoms with Gasteiger partial charge in [-0.15, -0.1) is 0 Å². The molecule has 0 bridgehead atoms. The number of aliphatic carboxylic acids is 1. The van der Waals surface area contributed by atoms with Crippen molar-refractivity contribution < 1.29 is 14.7 Å². The second kappa shape index (κ2) is 4.51. The van der Waals surface area contributed by atoms with Crippen LogP contribution in [-0.2, 0) is 9.59 Å². The highest BCUT2D eigenvalue weighted by atomic mass is 16.4. The Hall–Kier alpha value is -2.04. The second-order valence-electron chi connectivity index (χ2n) is 5.69. The first-order valence-corrected chi connectivity index (χ1v) is 6.92. The van der Waals surface area contributed by atoms with Gasteiger partial charge in [-0.2, -0.15) is 0 Å². The largest absolute Gasteiger partial charge is 0.480 e. The molecule has 1 amide bonds. The molecule has 2 unspecified atom stereocenters. The number of carboxylic acids is 1. The first-order chi connectivity index (χ1) is 9.54. The van der Waals surface area contributed by atoms with Crippen LogP contribution in [-0.4, -0.2) is 40.5 Å². The lowest BCUT2D eigenvalue weighted by Gasteiger charge is -2.33. The number of amides is 1. The number of hydrogen-bond acceptors (Lipinski definition) is 3. The zero-order valence-electron chi connectivity index (χ0n) is 11.4. The Morgan fingerprint density at radius 2 is 2.15 bits per heavy atom. The molecule has 1 aromatic carbocycles. The van der Waals surface area contributed by atoms with Crippen molar-refractivity contribution in [2.75, 3.05) is 18.4 Å². The van der Waals surface area contributed by atoms with E-state index in [1.807, 2.05) is 24.3 Å². The van der Waals surface area contributed by atoms with Crippen molar-refractivity contribution in [2.24, 2.45) is 0 Å². The van der Waals surface area contributed by atoms with Gasteiger partial charge in [0.25, 0.3) is 0 Å². The Balaban J connectivity index is 1.89. The Kier molecular flexibility index (Phi) is 2.92. The smallest absolute Gasteiger partial charge is 0.329 e. The summed E-state index contributed by atoms with van der Waals surface area (Å²) in [5.41, 5.74) is 0.883. The predicted octanol–water partition coefficient (Wildman–Crippen LogP) is 1.66. The zero-order valence-corrected chi connectivity index (χ0v) is 11.4. The maximum absolute atomic E-state index is 12.8. The molecular weight excluding hydrogens is 256 g/mol. The van der Waals surface area contributed by atoms with Crippen molar-refractivity contribution in [1.82, 2.24) is 4.90 Å². The maximum atomic E-state index is 12.8. The van der Waals surface area contributed by atoms with Crippen molar-refractivity contribution in [2.45, 2.75) is 31.2 Å². The molecule has 0 radical (unpaired) electrons. The number of rotatable bonds is 2. The van der Waals surface area contributed by atoms with Crippen LogP contribution in [0.3, 0.4) is 0 Å². The average molecular weight is 274 g/mol. The van der Waals surface area contributed by atoms with Crippen LogP contribution >= 0.6 is 0 Å². The summed E-state index contributed by atoms with van der Waals surface area (Å²) in [6.45, 7) is 2.72. The van der Waals surface area contributed by atoms with Crippen LogP contribution in [0.25, 0.3) is 0 Å². The van der Waals surface area contributed by atoms with Crippen LogP contribution in [0.5, 0.6) is 0 Å². The minimum atomic E-state index is -1.06. The van der Waals surface area contributed by atoms with Gasteiger partial charge in [-0.3, -0.25) is 4.79 Å². The van der Waals surface area contributed by atoms with Crippen molar-refractivity contribution in [3.05, 3.63) is 29.8 Å². The third-order valence-corrected chi connectivity index (χ3v) is 4.50. The molecule has 0 saturated carbocycles. The number of carboxylic acid groups (broad SMARTS) is 1. The number of para-hydroxylation sites is 1. The first kappa shape index (κ1) is 13.0. The summed E-state index contributed by atoms with van der Waals surface area (Å²) in [7, 11) is 0. The molecule has 2 N–H and O–H groups in total. The van der Waals surface area contributed by atoms with Gasteiger partial charge in [0.05, 0.1) is 5.92 Å². The van der Waals surface area contributed by atoms with Gasteiger partial charge in [0.1, 0.15) is 5.54 Å². The number of anilines is 1. The number of hydrogen-bond donors (Lipinski definition) is 2. The Bertz CT molecular complexity index is 572. The third kappa shape index (κ3) is 1.77. The molecule has 1 fully saturated rings. The van der Waals surface area contributed by atoms with Crippen LogP contribution in [0.1, 0.15) is 31.2 Å². The number of nitrogens with one attached hydrogen (secondary N) is 1. The van der Waals surface area contributed by atoms with Crippen molar-refractivity contribution >= 4 is 17.6 Å². The van der Waals surface area contributed by atoms with E-state index in [9.17, 15) is 14.7 Å². The van der Waals surface area contributed by atoms with Crippen LogP contribution in [0.15, 0.2) is 24.3 Å². The second-order valence-corrected chi connectivity index (χ2v) is 5.69. The average Bonchev–Trinajstić information content (AvgIpc) is 3.02. The van der Waals surface area contributed by atoms with Crippen LogP contribution in [0, 0.1) is 0 Å². The van der Waals surface area contributed by atoms with Crippen LogP contribution in [0.4, 0.5) is 5.69 Å². The molecule has 2 aliphatic heterocycles. The lowest BCUT2D eigenvalue weighted by molar-refractivity contribution is -0.155. The van der Waals surface area contributed by atoms with E-state index in [4.69, 9.17) is 0 Å². The van der Waals surface area contributed by atoms with Gasteiger partial charge in [0, 0.05) is 18.8 Å². The van der Waals surface area contributed by atoms with E-state index in [0.717, 1.165) is 17.7 Å². The highest BCUT2D eigenvalue weighted by Crippen LogP contribution is 2.37. The zero-order chi connectivity index (χ0) is 14.3. The van der Waals surface area contributed by atoms with Gasteiger partial charge in [-0.05, 0) is 31.4 Å². The number of carbonyl (C=O) groups is 2.